The van der Waals surface area contributed by atoms with Crippen molar-refractivity contribution in [3.05, 3.63) is 116 Å². The molecule has 4 aromatic rings. The number of benzene rings is 2. The lowest BCUT2D eigenvalue weighted by molar-refractivity contribution is -0.137. The van der Waals surface area contributed by atoms with Crippen LogP contribution in [0.4, 0.5) is 4.39 Å². The van der Waals surface area contributed by atoms with Gasteiger partial charge in [0.1, 0.15) is 12.5 Å². The summed E-state index contributed by atoms with van der Waals surface area (Å²) < 4.78 is 24.2. The number of carbonyl (C=O) groups is 3. The summed E-state index contributed by atoms with van der Waals surface area (Å²) in [7, 11) is 1.66. The molecule has 6 rings (SSSR count). The minimum Gasteiger partial charge on any atom is -0.333 e. The van der Waals surface area contributed by atoms with Crippen molar-refractivity contribution in [2.75, 3.05) is 6.73 Å². The molecule has 1 N–H and O–H groups in total. The van der Waals surface area contributed by atoms with Crippen LogP contribution in [0.3, 0.4) is 0 Å². The first-order valence-electron chi connectivity index (χ1n) is 13.1. The summed E-state index contributed by atoms with van der Waals surface area (Å²) in [5, 5.41) is 7.59. The van der Waals surface area contributed by atoms with Crippen LogP contribution in [0.25, 0.3) is 0 Å². The van der Waals surface area contributed by atoms with E-state index in [2.05, 4.69) is 15.4 Å². The lowest BCUT2D eigenvalue weighted by Gasteiger charge is -2.39. The van der Waals surface area contributed by atoms with Gasteiger partial charge in [-0.2, -0.15) is 5.10 Å². The molecule has 0 radical (unpaired) electrons. The second-order valence-electron chi connectivity index (χ2n) is 10.2. The summed E-state index contributed by atoms with van der Waals surface area (Å²) in [6.07, 6.45) is 5.89. The van der Waals surface area contributed by atoms with Crippen LogP contribution < -0.4 is 5.32 Å². The Morgan fingerprint density at radius 2 is 1.81 bits per heavy atom. The van der Waals surface area contributed by atoms with Crippen molar-refractivity contribution < 1.29 is 23.5 Å². The molecule has 12 heteroatoms. The van der Waals surface area contributed by atoms with Crippen LogP contribution in [-0.4, -0.2) is 44.0 Å². The van der Waals surface area contributed by atoms with E-state index in [1.807, 2.05) is 0 Å². The van der Waals surface area contributed by atoms with Crippen LogP contribution in [0, 0.1) is 11.7 Å². The van der Waals surface area contributed by atoms with Gasteiger partial charge in [0.2, 0.25) is 11.6 Å². The van der Waals surface area contributed by atoms with Crippen LogP contribution in [0.15, 0.2) is 67.1 Å². The summed E-state index contributed by atoms with van der Waals surface area (Å²) in [5.41, 5.74) is -0.921. The number of carbonyl (C=O) groups excluding carboxylic acids is 3. The van der Waals surface area contributed by atoms with Crippen LogP contribution >= 0.6 is 23.2 Å². The van der Waals surface area contributed by atoms with Gasteiger partial charge in [0.15, 0.2) is 5.78 Å². The SMILES string of the molecule is Cn1cc(C(=O)c2cc(F)c3c(c2)C(=O)N(Cc2ccc(Cl)cn2)[C@@]3(OCNC(=O)C2CC2)c2ccc(Cl)cc2)cn1. The maximum absolute atomic E-state index is 16.4. The molecule has 1 fully saturated rings. The van der Waals surface area contributed by atoms with Crippen molar-refractivity contribution in [1.82, 2.24) is 25.0 Å². The van der Waals surface area contributed by atoms with Gasteiger partial charge in [-0.15, -0.1) is 0 Å². The highest BCUT2D eigenvalue weighted by Crippen LogP contribution is 2.48. The highest BCUT2D eigenvalue weighted by molar-refractivity contribution is 6.30. The number of hydrogen-bond acceptors (Lipinski definition) is 6. The third kappa shape index (κ3) is 5.06. The number of pyridine rings is 1. The first-order chi connectivity index (χ1) is 20.2. The molecule has 0 bridgehead atoms. The summed E-state index contributed by atoms with van der Waals surface area (Å²) in [6.45, 7) is -0.416. The van der Waals surface area contributed by atoms with Crippen LogP contribution in [0.1, 0.15) is 55.9 Å². The number of fused-ring (bicyclic) bond motifs is 1. The first kappa shape index (κ1) is 28.0. The molecule has 0 spiro atoms. The number of amides is 2. The van der Waals surface area contributed by atoms with Crippen molar-refractivity contribution in [3.8, 4) is 0 Å². The van der Waals surface area contributed by atoms with Gasteiger partial charge in [-0.25, -0.2) is 4.39 Å². The molecule has 1 atom stereocenters. The highest BCUT2D eigenvalue weighted by Gasteiger charge is 2.54. The van der Waals surface area contributed by atoms with E-state index in [1.54, 1.807) is 43.4 Å². The molecule has 1 aliphatic carbocycles. The number of halogens is 3. The lowest BCUT2D eigenvalue weighted by atomic mass is 9.90. The standard InChI is InChI=1S/C30H24Cl2FN5O4/c1-37-14-19(12-36-37)27(39)18-10-24-26(25(33)11-18)30(20-4-6-21(31)7-5-20,42-16-35-28(40)17-2-3-17)38(29(24)41)15-23-9-8-22(32)13-34-23/h4-14,17H,2-3,15-16H2,1H3,(H,35,40)/t30-/m1/s1. The second kappa shape index (κ2) is 10.9. The summed E-state index contributed by atoms with van der Waals surface area (Å²) in [4.78, 5) is 45.6. The predicted molar refractivity (Wildman–Crippen MR) is 151 cm³/mol. The van der Waals surface area contributed by atoms with E-state index in [4.69, 9.17) is 27.9 Å². The largest absolute Gasteiger partial charge is 0.333 e. The molecule has 42 heavy (non-hydrogen) atoms. The molecule has 1 saturated carbocycles. The zero-order valence-corrected chi connectivity index (χ0v) is 23.8. The Hall–Kier alpha value is -4.12. The van der Waals surface area contributed by atoms with Crippen molar-refractivity contribution >= 4 is 40.8 Å². The topological polar surface area (TPSA) is 106 Å². The maximum atomic E-state index is 16.4. The molecule has 2 amide bonds. The van der Waals surface area contributed by atoms with E-state index in [9.17, 15) is 14.4 Å². The van der Waals surface area contributed by atoms with E-state index >= 15 is 4.39 Å². The first-order valence-corrected chi connectivity index (χ1v) is 13.9. The van der Waals surface area contributed by atoms with Gasteiger partial charge in [0.05, 0.1) is 40.1 Å². The summed E-state index contributed by atoms with van der Waals surface area (Å²) >= 11 is 12.2. The minimum atomic E-state index is -1.84. The quantitative estimate of drug-likeness (QED) is 0.215. The number of ether oxygens (including phenoxy) is 1. The molecule has 3 heterocycles. The molecule has 2 aromatic carbocycles. The van der Waals surface area contributed by atoms with Gasteiger partial charge in [0, 0.05) is 41.5 Å². The molecule has 9 nitrogen and oxygen atoms in total. The normalized spacial score (nSPS) is 17.8. The fourth-order valence-electron chi connectivity index (χ4n) is 5.14. The van der Waals surface area contributed by atoms with E-state index in [0.29, 0.717) is 21.3 Å². The third-order valence-electron chi connectivity index (χ3n) is 7.33. The number of hydrogen-bond donors (Lipinski definition) is 1. The molecular weight excluding hydrogens is 584 g/mol. The number of aromatic nitrogens is 3. The number of nitrogens with one attached hydrogen (secondary N) is 1. The number of ketones is 1. The second-order valence-corrected chi connectivity index (χ2v) is 11.1. The van der Waals surface area contributed by atoms with Crippen molar-refractivity contribution in [3.63, 3.8) is 0 Å². The van der Waals surface area contributed by atoms with Gasteiger partial charge in [0.25, 0.3) is 5.91 Å². The van der Waals surface area contributed by atoms with Gasteiger partial charge >= 0.3 is 0 Å². The molecule has 214 valence electrons. The smallest absolute Gasteiger partial charge is 0.257 e. The van der Waals surface area contributed by atoms with E-state index < -0.39 is 23.2 Å². The Balaban J connectivity index is 1.50. The third-order valence-corrected chi connectivity index (χ3v) is 7.81. The zero-order valence-electron chi connectivity index (χ0n) is 22.3. The van der Waals surface area contributed by atoms with E-state index in [1.165, 1.54) is 34.2 Å². The Labute approximate surface area is 250 Å². The van der Waals surface area contributed by atoms with Gasteiger partial charge in [-0.3, -0.25) is 28.9 Å². The minimum absolute atomic E-state index is 0.0221. The highest BCUT2D eigenvalue weighted by atomic mass is 35.5. The molecular formula is C30H24Cl2FN5O4. The number of nitrogens with zero attached hydrogens (tertiary/aromatic N) is 4. The fourth-order valence-corrected chi connectivity index (χ4v) is 5.37. The van der Waals surface area contributed by atoms with Crippen LogP contribution in [0.5, 0.6) is 0 Å². The molecule has 2 aliphatic rings. The van der Waals surface area contributed by atoms with Crippen molar-refractivity contribution in [1.29, 1.82) is 0 Å². The van der Waals surface area contributed by atoms with Gasteiger partial charge in [-0.1, -0.05) is 35.3 Å². The number of aryl methyl sites for hydroxylation is 1. The molecule has 2 aromatic heterocycles. The van der Waals surface area contributed by atoms with Crippen molar-refractivity contribution in [2.24, 2.45) is 13.0 Å². The Morgan fingerprint density at radius 1 is 1.07 bits per heavy atom. The van der Waals surface area contributed by atoms with Crippen LogP contribution in [-0.2, 0) is 28.8 Å². The molecule has 0 saturated heterocycles. The van der Waals surface area contributed by atoms with E-state index in [0.717, 1.165) is 18.9 Å². The van der Waals surface area contributed by atoms with Gasteiger partial charge in [-0.05, 0) is 49.2 Å². The Kier molecular flexibility index (Phi) is 7.30. The Bertz CT molecular complexity index is 1710. The van der Waals surface area contributed by atoms with E-state index in [-0.39, 0.29) is 47.4 Å². The summed E-state index contributed by atoms with van der Waals surface area (Å²) in [6, 6.07) is 12.2. The fraction of sp³-hybridized carbons (Fsp3) is 0.233. The van der Waals surface area contributed by atoms with Crippen molar-refractivity contribution in [2.45, 2.75) is 25.1 Å². The predicted octanol–water partition coefficient (Wildman–Crippen LogP) is 4.85. The molecule has 1 aliphatic heterocycles. The monoisotopic (exact) mass is 607 g/mol. The Morgan fingerprint density at radius 3 is 2.45 bits per heavy atom. The zero-order chi connectivity index (χ0) is 29.6. The number of rotatable bonds is 9. The lowest BCUT2D eigenvalue weighted by Crippen LogP contribution is -2.49. The maximum Gasteiger partial charge on any atom is 0.257 e. The van der Waals surface area contributed by atoms with Crippen LogP contribution in [0.2, 0.25) is 10.0 Å². The molecule has 0 unspecified atom stereocenters. The summed E-state index contributed by atoms with van der Waals surface area (Å²) in [5.74, 6) is -2.20. The average Bonchev–Trinajstić information content (AvgIpc) is 3.70. The average molecular weight is 608 g/mol. The van der Waals surface area contributed by atoms with Gasteiger partial charge < -0.3 is 10.1 Å².